The van der Waals surface area contributed by atoms with Crippen LogP contribution in [0.25, 0.3) is 0 Å². The predicted molar refractivity (Wildman–Crippen MR) is 106 cm³/mol. The van der Waals surface area contributed by atoms with Crippen LogP contribution < -0.4 is 20.7 Å². The SMILES string of the molecule is COc1ccccc1C(C)NC(=O)C(C)N1CCCc2c(N)cccc21. The van der Waals surface area contributed by atoms with Gasteiger partial charge in [0, 0.05) is 23.5 Å². The Hall–Kier alpha value is -2.69. The van der Waals surface area contributed by atoms with Gasteiger partial charge in [-0.15, -0.1) is 0 Å². The van der Waals surface area contributed by atoms with Crippen LogP contribution in [0.2, 0.25) is 0 Å². The summed E-state index contributed by atoms with van der Waals surface area (Å²) in [5, 5.41) is 3.12. The first-order valence-corrected chi connectivity index (χ1v) is 9.10. The van der Waals surface area contributed by atoms with Crippen LogP contribution in [0.15, 0.2) is 42.5 Å². The van der Waals surface area contributed by atoms with Crippen LogP contribution in [0.1, 0.15) is 37.4 Å². The Morgan fingerprint density at radius 2 is 1.96 bits per heavy atom. The van der Waals surface area contributed by atoms with Crippen LogP contribution in [0.4, 0.5) is 11.4 Å². The maximum absolute atomic E-state index is 12.9. The van der Waals surface area contributed by atoms with E-state index in [1.165, 1.54) is 0 Å². The number of para-hydroxylation sites is 1. The van der Waals surface area contributed by atoms with E-state index in [4.69, 9.17) is 10.5 Å². The number of nitrogens with zero attached hydrogens (tertiary/aromatic N) is 1. The molecular formula is C21H27N3O2. The van der Waals surface area contributed by atoms with E-state index in [-0.39, 0.29) is 18.0 Å². The molecular weight excluding hydrogens is 326 g/mol. The summed E-state index contributed by atoms with van der Waals surface area (Å²) in [5.74, 6) is 0.780. The Kier molecular flexibility index (Phi) is 5.35. The van der Waals surface area contributed by atoms with Crippen LogP contribution in [-0.4, -0.2) is 25.6 Å². The second-order valence-electron chi connectivity index (χ2n) is 6.79. The summed E-state index contributed by atoms with van der Waals surface area (Å²) in [6, 6.07) is 13.3. The average molecular weight is 353 g/mol. The van der Waals surface area contributed by atoms with Crippen molar-refractivity contribution < 1.29 is 9.53 Å². The second-order valence-corrected chi connectivity index (χ2v) is 6.79. The number of fused-ring (bicyclic) bond motifs is 1. The van der Waals surface area contributed by atoms with Gasteiger partial charge < -0.3 is 20.7 Å². The lowest BCUT2D eigenvalue weighted by atomic mass is 9.98. The van der Waals surface area contributed by atoms with Gasteiger partial charge in [0.15, 0.2) is 0 Å². The molecule has 5 nitrogen and oxygen atoms in total. The Morgan fingerprint density at radius 1 is 1.19 bits per heavy atom. The number of methoxy groups -OCH3 is 1. The molecule has 0 bridgehead atoms. The molecule has 3 rings (SSSR count). The van der Waals surface area contributed by atoms with Gasteiger partial charge in [-0.1, -0.05) is 24.3 Å². The van der Waals surface area contributed by atoms with Crippen LogP contribution in [0.5, 0.6) is 5.75 Å². The molecule has 5 heteroatoms. The minimum atomic E-state index is -0.270. The van der Waals surface area contributed by atoms with Crippen molar-refractivity contribution in [3.63, 3.8) is 0 Å². The molecule has 0 spiro atoms. The largest absolute Gasteiger partial charge is 0.496 e. The number of nitrogen functional groups attached to an aromatic ring is 1. The zero-order valence-corrected chi connectivity index (χ0v) is 15.7. The first-order valence-electron chi connectivity index (χ1n) is 9.10. The van der Waals surface area contributed by atoms with E-state index in [2.05, 4.69) is 16.3 Å². The summed E-state index contributed by atoms with van der Waals surface area (Å²) in [5.41, 5.74) is 10.1. The first-order chi connectivity index (χ1) is 12.5. The van der Waals surface area contributed by atoms with E-state index >= 15 is 0 Å². The Balaban J connectivity index is 1.76. The number of carbonyl (C=O) groups is 1. The topological polar surface area (TPSA) is 67.6 Å². The lowest BCUT2D eigenvalue weighted by Gasteiger charge is -2.36. The van der Waals surface area contributed by atoms with Gasteiger partial charge in [-0.05, 0) is 50.5 Å². The maximum Gasteiger partial charge on any atom is 0.242 e. The number of nitrogens with one attached hydrogen (secondary N) is 1. The highest BCUT2D eigenvalue weighted by atomic mass is 16.5. The molecule has 2 aromatic carbocycles. The molecule has 2 atom stereocenters. The highest BCUT2D eigenvalue weighted by Crippen LogP contribution is 2.33. The van der Waals surface area contributed by atoms with Crippen LogP contribution >= 0.6 is 0 Å². The molecule has 138 valence electrons. The Bertz CT molecular complexity index is 791. The number of ether oxygens (including phenoxy) is 1. The van der Waals surface area contributed by atoms with Gasteiger partial charge in [0.25, 0.3) is 0 Å². The fourth-order valence-corrected chi connectivity index (χ4v) is 3.66. The lowest BCUT2D eigenvalue weighted by molar-refractivity contribution is -0.122. The molecule has 1 aliphatic rings. The fourth-order valence-electron chi connectivity index (χ4n) is 3.66. The molecule has 1 amide bonds. The average Bonchev–Trinajstić information content (AvgIpc) is 2.67. The standard InChI is InChI=1S/C21H27N3O2/c1-14(16-8-4-5-12-20(16)26-3)23-21(25)15(2)24-13-7-9-17-18(22)10-6-11-19(17)24/h4-6,8,10-12,14-15H,7,9,13,22H2,1-3H3,(H,23,25). The number of hydrogen-bond donors (Lipinski definition) is 2. The van der Waals surface area contributed by atoms with Crippen LogP contribution in [0, 0.1) is 0 Å². The number of amides is 1. The molecule has 26 heavy (non-hydrogen) atoms. The molecule has 3 N–H and O–H groups in total. The van der Waals surface area contributed by atoms with Crippen molar-refractivity contribution in [2.45, 2.75) is 38.8 Å². The number of nitrogens with two attached hydrogens (primary N) is 1. The number of rotatable bonds is 5. The smallest absolute Gasteiger partial charge is 0.242 e. The van der Waals surface area contributed by atoms with Crippen molar-refractivity contribution in [1.29, 1.82) is 0 Å². The monoisotopic (exact) mass is 353 g/mol. The van der Waals surface area contributed by atoms with E-state index < -0.39 is 0 Å². The van der Waals surface area contributed by atoms with E-state index in [1.807, 2.05) is 50.2 Å². The molecule has 0 aromatic heterocycles. The highest BCUT2D eigenvalue weighted by molar-refractivity contribution is 5.86. The Labute approximate surface area is 155 Å². The third-order valence-electron chi connectivity index (χ3n) is 5.13. The van der Waals surface area contributed by atoms with Crippen molar-refractivity contribution in [2.24, 2.45) is 0 Å². The first kappa shape index (κ1) is 18.1. The maximum atomic E-state index is 12.9. The summed E-state index contributed by atoms with van der Waals surface area (Å²) in [7, 11) is 1.64. The van der Waals surface area contributed by atoms with Crippen molar-refractivity contribution >= 4 is 17.3 Å². The molecule has 0 fully saturated rings. The molecule has 0 aliphatic carbocycles. The Morgan fingerprint density at radius 3 is 2.73 bits per heavy atom. The van der Waals surface area contributed by atoms with Gasteiger partial charge in [0.1, 0.15) is 11.8 Å². The third kappa shape index (κ3) is 3.47. The molecule has 1 aliphatic heterocycles. The molecule has 0 radical (unpaired) electrons. The number of hydrogen-bond acceptors (Lipinski definition) is 4. The minimum Gasteiger partial charge on any atom is -0.496 e. The third-order valence-corrected chi connectivity index (χ3v) is 5.13. The summed E-state index contributed by atoms with van der Waals surface area (Å²) in [6.45, 7) is 4.78. The minimum absolute atomic E-state index is 0.00122. The predicted octanol–water partition coefficient (Wildman–Crippen LogP) is 3.30. The van der Waals surface area contributed by atoms with Crippen molar-refractivity contribution in [1.82, 2.24) is 5.32 Å². The quantitative estimate of drug-likeness (QED) is 0.810. The van der Waals surface area contributed by atoms with Gasteiger partial charge in [-0.2, -0.15) is 0 Å². The summed E-state index contributed by atoms with van der Waals surface area (Å²) >= 11 is 0. The second kappa shape index (κ2) is 7.68. The van der Waals surface area contributed by atoms with E-state index in [9.17, 15) is 4.79 Å². The fraction of sp³-hybridized carbons (Fsp3) is 0.381. The van der Waals surface area contributed by atoms with E-state index in [0.29, 0.717) is 0 Å². The molecule has 1 heterocycles. The van der Waals surface area contributed by atoms with Gasteiger partial charge >= 0.3 is 0 Å². The van der Waals surface area contributed by atoms with Crippen molar-refractivity contribution in [3.05, 3.63) is 53.6 Å². The van der Waals surface area contributed by atoms with Crippen molar-refractivity contribution in [3.8, 4) is 5.75 Å². The number of carbonyl (C=O) groups excluding carboxylic acids is 1. The number of benzene rings is 2. The normalized spacial score (nSPS) is 15.7. The zero-order valence-electron chi connectivity index (χ0n) is 15.7. The lowest BCUT2D eigenvalue weighted by Crippen LogP contribution is -2.47. The van der Waals surface area contributed by atoms with Gasteiger partial charge in [-0.25, -0.2) is 0 Å². The molecule has 0 saturated heterocycles. The molecule has 2 unspecified atom stereocenters. The van der Waals surface area contributed by atoms with Crippen molar-refractivity contribution in [2.75, 3.05) is 24.3 Å². The summed E-state index contributed by atoms with van der Waals surface area (Å²) < 4.78 is 5.41. The zero-order chi connectivity index (χ0) is 18.7. The van der Waals surface area contributed by atoms with Gasteiger partial charge in [0.2, 0.25) is 5.91 Å². The highest BCUT2D eigenvalue weighted by Gasteiger charge is 2.28. The molecule has 0 saturated carbocycles. The van der Waals surface area contributed by atoms with E-state index in [1.54, 1.807) is 7.11 Å². The summed E-state index contributed by atoms with van der Waals surface area (Å²) in [4.78, 5) is 15.0. The van der Waals surface area contributed by atoms with E-state index in [0.717, 1.165) is 47.6 Å². The van der Waals surface area contributed by atoms with Crippen LogP contribution in [0.3, 0.4) is 0 Å². The molecule has 2 aromatic rings. The van der Waals surface area contributed by atoms with Gasteiger partial charge in [0.05, 0.1) is 13.2 Å². The van der Waals surface area contributed by atoms with Gasteiger partial charge in [-0.3, -0.25) is 4.79 Å². The van der Waals surface area contributed by atoms with Crippen LogP contribution in [-0.2, 0) is 11.2 Å². The summed E-state index contributed by atoms with van der Waals surface area (Å²) in [6.07, 6.45) is 1.96. The number of anilines is 2.